The van der Waals surface area contributed by atoms with Gasteiger partial charge in [-0.3, -0.25) is 29.4 Å². The van der Waals surface area contributed by atoms with E-state index in [2.05, 4.69) is 22.5 Å². The zero-order valence-corrected chi connectivity index (χ0v) is 17.8. The standard InChI is InChI=1S/C23H28N4O4/c1-14-13-26(11-8-23(14)6-9-24-10-7-23)15-2-3-16-17(12-15)22(31)27(21(16)30)18-4-5-19(28)25-20(18)29/h2-3,12,14,18,24H,4-11,13H2,1H3,(H,25,28,29). The molecule has 4 amide bonds. The van der Waals surface area contributed by atoms with E-state index < -0.39 is 23.8 Å². The highest BCUT2D eigenvalue weighted by Gasteiger charge is 2.45. The van der Waals surface area contributed by atoms with Crippen molar-refractivity contribution in [3.63, 3.8) is 0 Å². The molecule has 2 unspecified atom stereocenters. The third kappa shape index (κ3) is 3.24. The second-order valence-corrected chi connectivity index (χ2v) is 9.39. The zero-order valence-electron chi connectivity index (χ0n) is 17.8. The van der Waals surface area contributed by atoms with Crippen LogP contribution in [0.1, 0.15) is 59.7 Å². The molecular formula is C23H28N4O4. The maximum atomic E-state index is 13.1. The molecule has 1 aromatic rings. The molecule has 3 fully saturated rings. The number of imide groups is 2. The number of rotatable bonds is 2. The van der Waals surface area contributed by atoms with Gasteiger partial charge in [0.2, 0.25) is 11.8 Å². The van der Waals surface area contributed by atoms with Crippen LogP contribution in [0.15, 0.2) is 18.2 Å². The Hall–Kier alpha value is -2.74. The minimum absolute atomic E-state index is 0.123. The van der Waals surface area contributed by atoms with Crippen LogP contribution < -0.4 is 15.5 Å². The Morgan fingerprint density at radius 2 is 1.74 bits per heavy atom. The Bertz CT molecular complexity index is 968. The van der Waals surface area contributed by atoms with E-state index in [9.17, 15) is 19.2 Å². The van der Waals surface area contributed by atoms with Gasteiger partial charge in [0.05, 0.1) is 11.1 Å². The van der Waals surface area contributed by atoms with Gasteiger partial charge in [0.15, 0.2) is 0 Å². The molecule has 4 aliphatic rings. The number of hydrogen-bond acceptors (Lipinski definition) is 6. The van der Waals surface area contributed by atoms with Crippen molar-refractivity contribution in [3.8, 4) is 0 Å². The molecule has 4 aliphatic heterocycles. The summed E-state index contributed by atoms with van der Waals surface area (Å²) in [5, 5.41) is 5.69. The predicted octanol–water partition coefficient (Wildman–Crippen LogP) is 1.30. The fourth-order valence-corrected chi connectivity index (χ4v) is 5.78. The highest BCUT2D eigenvalue weighted by Crippen LogP contribution is 2.44. The van der Waals surface area contributed by atoms with Gasteiger partial charge < -0.3 is 10.2 Å². The Labute approximate surface area is 181 Å². The zero-order chi connectivity index (χ0) is 21.8. The Kier molecular flexibility index (Phi) is 4.84. The van der Waals surface area contributed by atoms with Gasteiger partial charge in [-0.2, -0.15) is 0 Å². The number of anilines is 1. The van der Waals surface area contributed by atoms with E-state index in [-0.39, 0.29) is 18.7 Å². The van der Waals surface area contributed by atoms with Gasteiger partial charge in [-0.1, -0.05) is 6.92 Å². The van der Waals surface area contributed by atoms with Crippen LogP contribution in [-0.4, -0.2) is 60.7 Å². The number of piperidine rings is 3. The number of carbonyl (C=O) groups is 4. The first-order valence-corrected chi connectivity index (χ1v) is 11.2. The van der Waals surface area contributed by atoms with Crippen molar-refractivity contribution >= 4 is 29.3 Å². The Morgan fingerprint density at radius 1 is 1.00 bits per heavy atom. The van der Waals surface area contributed by atoms with E-state index in [4.69, 9.17) is 0 Å². The van der Waals surface area contributed by atoms with E-state index in [0.29, 0.717) is 22.5 Å². The molecule has 3 saturated heterocycles. The number of nitrogens with zero attached hydrogens (tertiary/aromatic N) is 2. The van der Waals surface area contributed by atoms with Gasteiger partial charge >= 0.3 is 0 Å². The molecule has 164 valence electrons. The third-order valence-electron chi connectivity index (χ3n) is 7.81. The number of nitrogens with one attached hydrogen (secondary N) is 2. The summed E-state index contributed by atoms with van der Waals surface area (Å²) in [5.41, 5.74) is 2.02. The van der Waals surface area contributed by atoms with Crippen LogP contribution in [0.4, 0.5) is 5.69 Å². The van der Waals surface area contributed by atoms with Gasteiger partial charge in [0.25, 0.3) is 11.8 Å². The minimum atomic E-state index is -0.927. The third-order valence-corrected chi connectivity index (χ3v) is 7.81. The number of amides is 4. The van der Waals surface area contributed by atoms with Crippen LogP contribution in [0.3, 0.4) is 0 Å². The van der Waals surface area contributed by atoms with Crippen LogP contribution >= 0.6 is 0 Å². The first-order chi connectivity index (χ1) is 14.9. The molecule has 1 aromatic carbocycles. The van der Waals surface area contributed by atoms with Crippen LogP contribution in [0, 0.1) is 11.3 Å². The summed E-state index contributed by atoms with van der Waals surface area (Å²) >= 11 is 0. The predicted molar refractivity (Wildman–Crippen MR) is 114 cm³/mol. The number of hydrogen-bond donors (Lipinski definition) is 2. The fraction of sp³-hybridized carbons (Fsp3) is 0.565. The average molecular weight is 425 g/mol. The van der Waals surface area contributed by atoms with Gasteiger partial charge in [-0.15, -0.1) is 0 Å². The van der Waals surface area contributed by atoms with Crippen LogP contribution in [0.25, 0.3) is 0 Å². The second kappa shape index (κ2) is 7.44. The normalized spacial score (nSPS) is 28.2. The van der Waals surface area contributed by atoms with Crippen molar-refractivity contribution < 1.29 is 19.2 Å². The van der Waals surface area contributed by atoms with Crippen molar-refractivity contribution in [2.75, 3.05) is 31.1 Å². The van der Waals surface area contributed by atoms with E-state index in [1.807, 2.05) is 6.07 Å². The molecule has 4 heterocycles. The van der Waals surface area contributed by atoms with E-state index in [1.54, 1.807) is 12.1 Å². The van der Waals surface area contributed by atoms with Gasteiger partial charge in [0, 0.05) is 25.2 Å². The smallest absolute Gasteiger partial charge is 0.262 e. The SMILES string of the molecule is CC1CN(c2ccc3c(c2)C(=O)N(C2CCC(=O)NC2=O)C3=O)CCC12CCNCC2. The molecule has 0 bridgehead atoms. The van der Waals surface area contributed by atoms with Crippen molar-refractivity contribution in [3.05, 3.63) is 29.3 Å². The molecule has 0 radical (unpaired) electrons. The molecule has 2 N–H and O–H groups in total. The molecule has 8 nitrogen and oxygen atoms in total. The molecule has 2 atom stereocenters. The van der Waals surface area contributed by atoms with E-state index in [1.165, 1.54) is 12.8 Å². The highest BCUT2D eigenvalue weighted by atomic mass is 16.2. The first kappa shape index (κ1) is 20.2. The minimum Gasteiger partial charge on any atom is -0.371 e. The molecule has 0 aromatic heterocycles. The lowest BCUT2D eigenvalue weighted by atomic mass is 9.65. The van der Waals surface area contributed by atoms with Gasteiger partial charge in [-0.25, -0.2) is 0 Å². The van der Waals surface area contributed by atoms with E-state index in [0.717, 1.165) is 43.2 Å². The van der Waals surface area contributed by atoms with Crippen molar-refractivity contribution in [2.45, 2.75) is 45.1 Å². The monoisotopic (exact) mass is 424 g/mol. The van der Waals surface area contributed by atoms with Gasteiger partial charge in [0.1, 0.15) is 6.04 Å². The molecule has 8 heteroatoms. The lowest BCUT2D eigenvalue weighted by Gasteiger charge is -2.49. The summed E-state index contributed by atoms with van der Waals surface area (Å²) in [6, 6.07) is 4.49. The number of fused-ring (bicyclic) bond motifs is 1. The lowest BCUT2D eigenvalue weighted by molar-refractivity contribution is -0.136. The average Bonchev–Trinajstić information content (AvgIpc) is 3.01. The maximum Gasteiger partial charge on any atom is 0.262 e. The highest BCUT2D eigenvalue weighted by molar-refractivity contribution is 6.23. The summed E-state index contributed by atoms with van der Waals surface area (Å²) in [6.07, 6.45) is 3.84. The van der Waals surface area contributed by atoms with Crippen molar-refractivity contribution in [1.82, 2.24) is 15.5 Å². The van der Waals surface area contributed by atoms with Crippen LogP contribution in [0.2, 0.25) is 0 Å². The number of carbonyl (C=O) groups excluding carboxylic acids is 4. The Morgan fingerprint density at radius 3 is 2.45 bits per heavy atom. The molecule has 1 spiro atoms. The molecule has 31 heavy (non-hydrogen) atoms. The molecule has 5 rings (SSSR count). The summed E-state index contributed by atoms with van der Waals surface area (Å²) < 4.78 is 0. The molecular weight excluding hydrogens is 396 g/mol. The molecule has 0 aliphatic carbocycles. The summed E-state index contributed by atoms with van der Waals surface area (Å²) in [4.78, 5) is 53.0. The van der Waals surface area contributed by atoms with Crippen LogP contribution in [0.5, 0.6) is 0 Å². The van der Waals surface area contributed by atoms with E-state index >= 15 is 0 Å². The second-order valence-electron chi connectivity index (χ2n) is 9.39. The quantitative estimate of drug-likeness (QED) is 0.695. The fourth-order valence-electron chi connectivity index (χ4n) is 5.78. The maximum absolute atomic E-state index is 13.1. The van der Waals surface area contributed by atoms with Crippen LogP contribution in [-0.2, 0) is 9.59 Å². The summed E-state index contributed by atoms with van der Waals surface area (Å²) in [7, 11) is 0. The number of benzene rings is 1. The van der Waals surface area contributed by atoms with Crippen molar-refractivity contribution in [1.29, 1.82) is 0 Å². The van der Waals surface area contributed by atoms with Crippen molar-refractivity contribution in [2.24, 2.45) is 11.3 Å². The Balaban J connectivity index is 1.36. The first-order valence-electron chi connectivity index (χ1n) is 11.2. The summed E-state index contributed by atoms with van der Waals surface area (Å²) in [6.45, 7) is 6.34. The topological polar surface area (TPSA) is 98.8 Å². The summed E-state index contributed by atoms with van der Waals surface area (Å²) in [5.74, 6) is -1.30. The van der Waals surface area contributed by atoms with Gasteiger partial charge in [-0.05, 0) is 68.3 Å². The largest absolute Gasteiger partial charge is 0.371 e. The molecule has 0 saturated carbocycles. The lowest BCUT2D eigenvalue weighted by Crippen LogP contribution is -2.54.